The molecule has 2 aromatic rings. The first-order valence-electron chi connectivity index (χ1n) is 5.57. The standard InChI is InChI=1S/C12H12Cl3N3S/c1-6(9-3-4-10(15)19-9)17-12-8(14)5-7(13)11(16-2)18-12/h3-6H,1-2H3,(H2,16,17,18). The number of rotatable bonds is 4. The number of halogens is 3. The van der Waals surface area contributed by atoms with Crippen LogP contribution in [0.3, 0.4) is 0 Å². The molecule has 3 nitrogen and oxygen atoms in total. The minimum absolute atomic E-state index is 0.0633. The SMILES string of the molecule is CNc1nc(NC(C)c2ccc(Cl)s2)c(Cl)cc1Cl. The first kappa shape index (κ1) is 14.7. The monoisotopic (exact) mass is 335 g/mol. The van der Waals surface area contributed by atoms with Gasteiger partial charge in [-0.25, -0.2) is 4.98 Å². The van der Waals surface area contributed by atoms with Gasteiger partial charge in [-0.15, -0.1) is 11.3 Å². The largest absolute Gasteiger partial charge is 0.372 e. The van der Waals surface area contributed by atoms with E-state index in [4.69, 9.17) is 34.8 Å². The third-order valence-corrected chi connectivity index (χ3v) is 4.53. The van der Waals surface area contributed by atoms with Crippen LogP contribution in [-0.4, -0.2) is 12.0 Å². The molecule has 0 amide bonds. The summed E-state index contributed by atoms with van der Waals surface area (Å²) < 4.78 is 0.759. The number of hydrogen-bond acceptors (Lipinski definition) is 4. The molecule has 2 rings (SSSR count). The van der Waals surface area contributed by atoms with Gasteiger partial charge < -0.3 is 10.6 Å². The first-order valence-corrected chi connectivity index (χ1v) is 7.52. The van der Waals surface area contributed by atoms with Gasteiger partial charge in [0.2, 0.25) is 0 Å². The average Bonchev–Trinajstić information content (AvgIpc) is 2.79. The predicted octanol–water partition coefficient (Wildman–Crippen LogP) is 5.32. The van der Waals surface area contributed by atoms with Crippen LogP contribution in [0.4, 0.5) is 11.6 Å². The fraction of sp³-hybridized carbons (Fsp3) is 0.250. The lowest BCUT2D eigenvalue weighted by atomic mass is 10.2. The van der Waals surface area contributed by atoms with E-state index in [1.54, 1.807) is 13.1 Å². The van der Waals surface area contributed by atoms with Gasteiger partial charge in [-0.05, 0) is 25.1 Å². The van der Waals surface area contributed by atoms with Gasteiger partial charge in [-0.3, -0.25) is 0 Å². The van der Waals surface area contributed by atoms with Crippen LogP contribution >= 0.6 is 46.1 Å². The van der Waals surface area contributed by atoms with E-state index in [2.05, 4.69) is 15.6 Å². The Balaban J connectivity index is 2.23. The van der Waals surface area contributed by atoms with Gasteiger partial charge in [0, 0.05) is 11.9 Å². The highest BCUT2D eigenvalue weighted by atomic mass is 35.5. The van der Waals surface area contributed by atoms with E-state index < -0.39 is 0 Å². The second-order valence-electron chi connectivity index (χ2n) is 3.91. The van der Waals surface area contributed by atoms with Crippen LogP contribution in [0.15, 0.2) is 18.2 Å². The molecule has 0 saturated carbocycles. The second kappa shape index (κ2) is 6.18. The fourth-order valence-corrected chi connectivity index (χ4v) is 3.15. The molecule has 7 heteroatoms. The minimum Gasteiger partial charge on any atom is -0.372 e. The van der Waals surface area contributed by atoms with Crippen LogP contribution in [0.1, 0.15) is 17.8 Å². The zero-order valence-electron chi connectivity index (χ0n) is 10.3. The summed E-state index contributed by atoms with van der Waals surface area (Å²) in [5.74, 6) is 1.18. The zero-order valence-corrected chi connectivity index (χ0v) is 13.4. The lowest BCUT2D eigenvalue weighted by Gasteiger charge is -2.15. The summed E-state index contributed by atoms with van der Waals surface area (Å²) in [5, 5.41) is 7.15. The van der Waals surface area contributed by atoms with Crippen molar-refractivity contribution in [1.82, 2.24) is 4.98 Å². The van der Waals surface area contributed by atoms with Crippen molar-refractivity contribution < 1.29 is 0 Å². The van der Waals surface area contributed by atoms with Crippen LogP contribution in [0, 0.1) is 0 Å². The molecule has 1 atom stereocenters. The summed E-state index contributed by atoms with van der Waals surface area (Å²) in [5.41, 5.74) is 0. The maximum atomic E-state index is 6.14. The smallest absolute Gasteiger partial charge is 0.147 e. The van der Waals surface area contributed by atoms with Gasteiger partial charge in [-0.2, -0.15) is 0 Å². The van der Waals surface area contributed by atoms with E-state index in [1.807, 2.05) is 19.1 Å². The quantitative estimate of drug-likeness (QED) is 0.793. The Labute approximate surface area is 130 Å². The van der Waals surface area contributed by atoms with E-state index in [0.29, 0.717) is 21.7 Å². The molecule has 0 aliphatic rings. The minimum atomic E-state index is 0.0633. The van der Waals surface area contributed by atoms with Crippen LogP contribution in [-0.2, 0) is 0 Å². The molecule has 0 aliphatic carbocycles. The van der Waals surface area contributed by atoms with Crippen molar-refractivity contribution in [2.75, 3.05) is 17.7 Å². The summed E-state index contributed by atoms with van der Waals surface area (Å²) in [6, 6.07) is 5.58. The molecule has 0 radical (unpaired) electrons. The van der Waals surface area contributed by atoms with E-state index >= 15 is 0 Å². The number of anilines is 2. The van der Waals surface area contributed by atoms with Crippen molar-refractivity contribution in [3.8, 4) is 0 Å². The molecule has 2 aromatic heterocycles. The molecular formula is C12H12Cl3N3S. The summed E-state index contributed by atoms with van der Waals surface area (Å²) >= 11 is 19.6. The molecule has 2 heterocycles. The normalized spacial score (nSPS) is 12.3. The van der Waals surface area contributed by atoms with Gasteiger partial charge >= 0.3 is 0 Å². The summed E-state index contributed by atoms with van der Waals surface area (Å²) in [7, 11) is 1.76. The third-order valence-electron chi connectivity index (χ3n) is 2.54. The number of hydrogen-bond donors (Lipinski definition) is 2. The third kappa shape index (κ3) is 3.45. The number of thiophene rings is 1. The van der Waals surface area contributed by atoms with Crippen LogP contribution in [0.25, 0.3) is 0 Å². The van der Waals surface area contributed by atoms with E-state index in [-0.39, 0.29) is 6.04 Å². The van der Waals surface area contributed by atoms with Crippen LogP contribution in [0.2, 0.25) is 14.4 Å². The molecule has 0 aliphatic heterocycles. The summed E-state index contributed by atoms with van der Waals surface area (Å²) in [6.45, 7) is 2.02. The topological polar surface area (TPSA) is 37.0 Å². The molecule has 2 N–H and O–H groups in total. The summed E-state index contributed by atoms with van der Waals surface area (Å²) in [6.07, 6.45) is 0. The first-order chi connectivity index (χ1) is 9.01. The Morgan fingerprint density at radius 2 is 1.84 bits per heavy atom. The van der Waals surface area contributed by atoms with Crippen molar-refractivity contribution in [2.24, 2.45) is 0 Å². The summed E-state index contributed by atoms with van der Waals surface area (Å²) in [4.78, 5) is 5.46. The Kier molecular flexibility index (Phi) is 4.79. The molecule has 19 heavy (non-hydrogen) atoms. The van der Waals surface area contributed by atoms with Crippen LogP contribution < -0.4 is 10.6 Å². The maximum absolute atomic E-state index is 6.14. The number of pyridine rings is 1. The second-order valence-corrected chi connectivity index (χ2v) is 6.47. The van der Waals surface area contributed by atoms with E-state index in [9.17, 15) is 0 Å². The van der Waals surface area contributed by atoms with Gasteiger partial charge in [0.15, 0.2) is 0 Å². The lowest BCUT2D eigenvalue weighted by Crippen LogP contribution is -2.08. The highest BCUT2D eigenvalue weighted by Gasteiger charge is 2.13. The zero-order chi connectivity index (χ0) is 14.0. The predicted molar refractivity (Wildman–Crippen MR) is 85.2 cm³/mol. The van der Waals surface area contributed by atoms with E-state index in [1.165, 1.54) is 11.3 Å². The molecule has 102 valence electrons. The molecular weight excluding hydrogens is 325 g/mol. The Hall–Kier alpha value is -0.680. The highest BCUT2D eigenvalue weighted by molar-refractivity contribution is 7.16. The van der Waals surface area contributed by atoms with Gasteiger partial charge in [0.1, 0.15) is 11.6 Å². The Morgan fingerprint density at radius 3 is 2.42 bits per heavy atom. The molecule has 1 unspecified atom stereocenters. The highest BCUT2D eigenvalue weighted by Crippen LogP contribution is 2.33. The van der Waals surface area contributed by atoms with Crippen molar-refractivity contribution in [3.63, 3.8) is 0 Å². The van der Waals surface area contributed by atoms with Gasteiger partial charge in [0.25, 0.3) is 0 Å². The molecule has 0 aromatic carbocycles. The van der Waals surface area contributed by atoms with Crippen molar-refractivity contribution in [3.05, 3.63) is 37.5 Å². The van der Waals surface area contributed by atoms with Crippen molar-refractivity contribution in [1.29, 1.82) is 0 Å². The number of nitrogens with one attached hydrogen (secondary N) is 2. The molecule has 0 fully saturated rings. The molecule has 0 spiro atoms. The van der Waals surface area contributed by atoms with Crippen molar-refractivity contribution in [2.45, 2.75) is 13.0 Å². The molecule has 0 bridgehead atoms. The maximum Gasteiger partial charge on any atom is 0.147 e. The fourth-order valence-electron chi connectivity index (χ4n) is 1.58. The molecule has 0 saturated heterocycles. The van der Waals surface area contributed by atoms with Gasteiger partial charge in [0.05, 0.1) is 20.4 Å². The van der Waals surface area contributed by atoms with Crippen molar-refractivity contribution >= 4 is 57.8 Å². The number of aromatic nitrogens is 1. The van der Waals surface area contributed by atoms with Gasteiger partial charge in [-0.1, -0.05) is 34.8 Å². The lowest BCUT2D eigenvalue weighted by molar-refractivity contribution is 0.897. The van der Waals surface area contributed by atoms with Crippen LogP contribution in [0.5, 0.6) is 0 Å². The van der Waals surface area contributed by atoms with E-state index in [0.717, 1.165) is 9.21 Å². The Morgan fingerprint density at radius 1 is 1.16 bits per heavy atom. The average molecular weight is 337 g/mol. The number of nitrogens with zero attached hydrogens (tertiary/aromatic N) is 1. The Bertz CT molecular complexity index is 586.